The minimum Gasteiger partial charge on any atom is -0.322 e. The van der Waals surface area contributed by atoms with E-state index in [9.17, 15) is 13.2 Å². The van der Waals surface area contributed by atoms with E-state index < -0.39 is 10.0 Å². The molecule has 1 saturated heterocycles. The maximum absolute atomic E-state index is 13.1. The van der Waals surface area contributed by atoms with Crippen molar-refractivity contribution in [2.24, 2.45) is 0 Å². The Hall–Kier alpha value is -2.22. The molecule has 1 fully saturated rings. The van der Waals surface area contributed by atoms with Gasteiger partial charge in [0.2, 0.25) is 10.0 Å². The lowest BCUT2D eigenvalue weighted by molar-refractivity contribution is 0.102. The molecule has 0 spiro atoms. The first-order valence-electron chi connectivity index (χ1n) is 11.1. The van der Waals surface area contributed by atoms with E-state index in [1.807, 2.05) is 24.3 Å². The van der Waals surface area contributed by atoms with E-state index >= 15 is 0 Å². The van der Waals surface area contributed by atoms with E-state index in [0.717, 1.165) is 44.5 Å². The van der Waals surface area contributed by atoms with Gasteiger partial charge in [-0.1, -0.05) is 38.5 Å². The van der Waals surface area contributed by atoms with Crippen molar-refractivity contribution in [3.05, 3.63) is 59.2 Å². The molecular weight excluding hydrogens is 410 g/mol. The van der Waals surface area contributed by atoms with Crippen LogP contribution in [-0.4, -0.2) is 49.7 Å². The summed E-state index contributed by atoms with van der Waals surface area (Å²) in [6.07, 6.45) is 2.84. The number of aryl methyl sites for hydroxylation is 1. The third-order valence-corrected chi connectivity index (χ3v) is 7.94. The van der Waals surface area contributed by atoms with Crippen LogP contribution in [-0.2, 0) is 16.6 Å². The fraction of sp³-hybridized carbons (Fsp3) is 0.458. The molecule has 7 heteroatoms. The van der Waals surface area contributed by atoms with E-state index in [1.165, 1.54) is 0 Å². The summed E-state index contributed by atoms with van der Waals surface area (Å²) in [7, 11) is -3.56. The van der Waals surface area contributed by atoms with Crippen LogP contribution in [0.25, 0.3) is 0 Å². The van der Waals surface area contributed by atoms with Gasteiger partial charge in [-0.3, -0.25) is 9.69 Å². The van der Waals surface area contributed by atoms with Gasteiger partial charge in [-0.2, -0.15) is 4.31 Å². The number of carbonyl (C=O) groups is 1. The van der Waals surface area contributed by atoms with Gasteiger partial charge in [-0.25, -0.2) is 8.42 Å². The minimum absolute atomic E-state index is 0.250. The number of hydrogen-bond acceptors (Lipinski definition) is 4. The van der Waals surface area contributed by atoms with E-state index in [2.05, 4.69) is 24.1 Å². The second-order valence-electron chi connectivity index (χ2n) is 8.06. The number of rotatable bonds is 8. The highest BCUT2D eigenvalue weighted by Crippen LogP contribution is 2.26. The molecule has 2 aromatic rings. The zero-order valence-electron chi connectivity index (χ0n) is 18.7. The summed E-state index contributed by atoms with van der Waals surface area (Å²) in [6, 6.07) is 12.6. The number of anilines is 1. The highest BCUT2D eigenvalue weighted by atomic mass is 32.2. The lowest BCUT2D eigenvalue weighted by Crippen LogP contribution is -2.36. The number of piperidine rings is 1. The first-order valence-corrected chi connectivity index (χ1v) is 12.5. The number of benzene rings is 2. The second kappa shape index (κ2) is 10.4. The number of carbonyl (C=O) groups excluding carboxylic acids is 1. The van der Waals surface area contributed by atoms with Crippen molar-refractivity contribution in [2.75, 3.05) is 31.5 Å². The van der Waals surface area contributed by atoms with E-state index in [0.29, 0.717) is 29.9 Å². The molecule has 1 aliphatic rings. The fourth-order valence-electron chi connectivity index (χ4n) is 3.87. The Morgan fingerprint density at radius 1 is 1.00 bits per heavy atom. The zero-order valence-corrected chi connectivity index (χ0v) is 19.5. The molecule has 1 N–H and O–H groups in total. The Kier molecular flexibility index (Phi) is 7.86. The Bertz CT molecular complexity index is 993. The SMILES string of the molecule is CCN(CC)Cc1ccc(C(=O)Nc2ccc(C)c(S(=O)(=O)N3CCCCC3)c2)cc1. The van der Waals surface area contributed by atoms with Crippen molar-refractivity contribution in [2.45, 2.75) is 51.5 Å². The van der Waals surface area contributed by atoms with Crippen LogP contribution in [0.3, 0.4) is 0 Å². The van der Waals surface area contributed by atoms with Crippen molar-refractivity contribution in [1.82, 2.24) is 9.21 Å². The number of amides is 1. The highest BCUT2D eigenvalue weighted by Gasteiger charge is 2.27. The van der Waals surface area contributed by atoms with Gasteiger partial charge in [-0.05, 0) is 68.2 Å². The van der Waals surface area contributed by atoms with Gasteiger partial charge in [0, 0.05) is 30.9 Å². The molecular formula is C24H33N3O3S. The van der Waals surface area contributed by atoms with Gasteiger partial charge in [0.05, 0.1) is 4.90 Å². The fourth-order valence-corrected chi connectivity index (χ4v) is 5.64. The van der Waals surface area contributed by atoms with Gasteiger partial charge in [0.25, 0.3) is 5.91 Å². The summed E-state index contributed by atoms with van der Waals surface area (Å²) < 4.78 is 27.8. The Labute approximate surface area is 186 Å². The lowest BCUT2D eigenvalue weighted by atomic mass is 10.1. The van der Waals surface area contributed by atoms with Crippen molar-refractivity contribution in [3.8, 4) is 0 Å². The predicted octanol–water partition coefficient (Wildman–Crippen LogP) is 4.26. The number of sulfonamides is 1. The summed E-state index contributed by atoms with van der Waals surface area (Å²) >= 11 is 0. The van der Waals surface area contributed by atoms with Gasteiger partial charge < -0.3 is 5.32 Å². The topological polar surface area (TPSA) is 69.7 Å². The monoisotopic (exact) mass is 443 g/mol. The Morgan fingerprint density at radius 2 is 1.65 bits per heavy atom. The van der Waals surface area contributed by atoms with E-state index in [1.54, 1.807) is 29.4 Å². The molecule has 2 aromatic carbocycles. The van der Waals surface area contributed by atoms with Crippen LogP contribution in [0, 0.1) is 6.92 Å². The van der Waals surface area contributed by atoms with Gasteiger partial charge in [0.15, 0.2) is 0 Å². The molecule has 0 atom stereocenters. The third kappa shape index (κ3) is 5.73. The Morgan fingerprint density at radius 3 is 2.26 bits per heavy atom. The van der Waals surface area contributed by atoms with Crippen molar-refractivity contribution in [1.29, 1.82) is 0 Å². The molecule has 0 radical (unpaired) electrons. The quantitative estimate of drug-likeness (QED) is 0.662. The maximum Gasteiger partial charge on any atom is 0.255 e. The minimum atomic E-state index is -3.56. The molecule has 0 unspecified atom stereocenters. The number of nitrogens with one attached hydrogen (secondary N) is 1. The number of hydrogen-bond donors (Lipinski definition) is 1. The molecule has 1 aliphatic heterocycles. The Balaban J connectivity index is 1.74. The van der Waals surface area contributed by atoms with Crippen LogP contribution in [0.1, 0.15) is 54.6 Å². The molecule has 168 valence electrons. The first-order chi connectivity index (χ1) is 14.8. The van der Waals surface area contributed by atoms with Crippen LogP contribution in [0.4, 0.5) is 5.69 Å². The summed E-state index contributed by atoms with van der Waals surface area (Å²) in [6.45, 7) is 9.97. The summed E-state index contributed by atoms with van der Waals surface area (Å²) in [4.78, 5) is 15.3. The zero-order chi connectivity index (χ0) is 22.4. The highest BCUT2D eigenvalue weighted by molar-refractivity contribution is 7.89. The van der Waals surface area contributed by atoms with E-state index in [4.69, 9.17) is 0 Å². The van der Waals surface area contributed by atoms with Crippen LogP contribution in [0.5, 0.6) is 0 Å². The average molecular weight is 444 g/mol. The molecule has 1 heterocycles. The van der Waals surface area contributed by atoms with Crippen LogP contribution < -0.4 is 5.32 Å². The second-order valence-corrected chi connectivity index (χ2v) is 9.96. The van der Waals surface area contributed by atoms with Gasteiger partial charge in [0.1, 0.15) is 0 Å². The predicted molar refractivity (Wildman–Crippen MR) is 125 cm³/mol. The maximum atomic E-state index is 13.1. The lowest BCUT2D eigenvalue weighted by Gasteiger charge is -2.26. The molecule has 3 rings (SSSR count). The van der Waals surface area contributed by atoms with Crippen LogP contribution >= 0.6 is 0 Å². The molecule has 0 aliphatic carbocycles. The summed E-state index contributed by atoms with van der Waals surface area (Å²) in [5.74, 6) is -0.250. The van der Waals surface area contributed by atoms with Gasteiger partial charge in [-0.15, -0.1) is 0 Å². The molecule has 0 saturated carbocycles. The molecule has 31 heavy (non-hydrogen) atoms. The first kappa shape index (κ1) is 23.4. The smallest absolute Gasteiger partial charge is 0.255 e. The third-order valence-electron chi connectivity index (χ3n) is 5.90. The molecule has 1 amide bonds. The van der Waals surface area contributed by atoms with Crippen molar-refractivity contribution in [3.63, 3.8) is 0 Å². The van der Waals surface area contributed by atoms with Crippen LogP contribution in [0.15, 0.2) is 47.4 Å². The summed E-state index contributed by atoms with van der Waals surface area (Å²) in [5.41, 5.74) is 2.87. The largest absolute Gasteiger partial charge is 0.322 e. The standard InChI is InChI=1S/C24H33N3O3S/c1-4-26(5-2)18-20-10-12-21(13-11-20)24(28)25-22-14-9-19(3)23(17-22)31(29,30)27-15-7-6-8-16-27/h9-14,17H,4-8,15-16,18H2,1-3H3,(H,25,28). The molecule has 6 nitrogen and oxygen atoms in total. The summed E-state index contributed by atoms with van der Waals surface area (Å²) in [5, 5.41) is 2.85. The average Bonchev–Trinajstić information content (AvgIpc) is 2.79. The van der Waals surface area contributed by atoms with Crippen molar-refractivity contribution >= 4 is 21.6 Å². The normalized spacial score (nSPS) is 15.2. The van der Waals surface area contributed by atoms with Gasteiger partial charge >= 0.3 is 0 Å². The van der Waals surface area contributed by atoms with Crippen LogP contribution in [0.2, 0.25) is 0 Å². The molecule has 0 bridgehead atoms. The van der Waals surface area contributed by atoms with Crippen molar-refractivity contribution < 1.29 is 13.2 Å². The number of nitrogens with zero attached hydrogens (tertiary/aromatic N) is 2. The molecule has 0 aromatic heterocycles. The van der Waals surface area contributed by atoms with E-state index in [-0.39, 0.29) is 10.8 Å².